The van der Waals surface area contributed by atoms with Crippen LogP contribution in [0.3, 0.4) is 0 Å². The summed E-state index contributed by atoms with van der Waals surface area (Å²) in [7, 11) is 1.55. The standard InChI is InChI=1S/C27H29N3O3/c1-3-16-29-17-18-30(26(31)23-10-6-7-11-25(23)33-2)24(27(29)32)19-21-8-4-5-9-22(21)20-12-14-28-15-13-20/h4-15,24H,3,16-19H2,1-2H3/t24-/m1/s1. The van der Waals surface area contributed by atoms with Gasteiger partial charge in [-0.2, -0.15) is 0 Å². The monoisotopic (exact) mass is 443 g/mol. The number of rotatable bonds is 7. The highest BCUT2D eigenvalue weighted by molar-refractivity contribution is 6.00. The lowest BCUT2D eigenvalue weighted by Crippen LogP contribution is -2.59. The van der Waals surface area contributed by atoms with Crippen LogP contribution in [-0.2, 0) is 11.2 Å². The van der Waals surface area contributed by atoms with Crippen molar-refractivity contribution in [3.8, 4) is 16.9 Å². The van der Waals surface area contributed by atoms with Crippen molar-refractivity contribution >= 4 is 11.8 Å². The van der Waals surface area contributed by atoms with E-state index in [1.54, 1.807) is 36.5 Å². The van der Waals surface area contributed by atoms with Crippen LogP contribution in [0.15, 0.2) is 73.1 Å². The van der Waals surface area contributed by atoms with Crippen LogP contribution >= 0.6 is 0 Å². The Morgan fingerprint density at radius 2 is 1.76 bits per heavy atom. The molecule has 33 heavy (non-hydrogen) atoms. The average molecular weight is 444 g/mol. The van der Waals surface area contributed by atoms with Gasteiger partial charge in [-0.05, 0) is 47.4 Å². The van der Waals surface area contributed by atoms with Gasteiger partial charge in [-0.15, -0.1) is 0 Å². The van der Waals surface area contributed by atoms with Gasteiger partial charge in [-0.3, -0.25) is 14.6 Å². The van der Waals surface area contributed by atoms with Crippen molar-refractivity contribution in [1.29, 1.82) is 0 Å². The van der Waals surface area contributed by atoms with Gasteiger partial charge in [0.25, 0.3) is 5.91 Å². The van der Waals surface area contributed by atoms with E-state index in [1.165, 1.54) is 0 Å². The molecule has 1 saturated heterocycles. The summed E-state index contributed by atoms with van der Waals surface area (Å²) in [5.41, 5.74) is 3.59. The quantitative estimate of drug-likeness (QED) is 0.552. The summed E-state index contributed by atoms with van der Waals surface area (Å²) in [6.07, 6.45) is 4.85. The van der Waals surface area contributed by atoms with E-state index in [0.29, 0.717) is 37.4 Å². The number of carbonyl (C=O) groups is 2. The molecule has 0 bridgehead atoms. The number of nitrogens with zero attached hydrogens (tertiary/aromatic N) is 3. The molecule has 1 aliphatic heterocycles. The minimum Gasteiger partial charge on any atom is -0.496 e. The molecule has 2 amide bonds. The summed E-state index contributed by atoms with van der Waals surface area (Å²) in [6.45, 7) is 3.78. The van der Waals surface area contributed by atoms with Gasteiger partial charge in [0.05, 0.1) is 12.7 Å². The van der Waals surface area contributed by atoms with Crippen molar-refractivity contribution in [1.82, 2.24) is 14.8 Å². The topological polar surface area (TPSA) is 62.7 Å². The SMILES string of the molecule is CCCN1CCN(C(=O)c2ccccc2OC)[C@H](Cc2ccccc2-c2ccncc2)C1=O. The number of methoxy groups -OCH3 is 1. The average Bonchev–Trinajstić information content (AvgIpc) is 2.87. The Hall–Kier alpha value is -3.67. The molecule has 2 aromatic carbocycles. The molecule has 0 spiro atoms. The van der Waals surface area contributed by atoms with E-state index >= 15 is 0 Å². The first-order chi connectivity index (χ1) is 16.1. The number of hydrogen-bond donors (Lipinski definition) is 0. The number of para-hydroxylation sites is 1. The van der Waals surface area contributed by atoms with Crippen molar-refractivity contribution < 1.29 is 14.3 Å². The van der Waals surface area contributed by atoms with Crippen molar-refractivity contribution in [3.63, 3.8) is 0 Å². The van der Waals surface area contributed by atoms with Crippen molar-refractivity contribution in [2.45, 2.75) is 25.8 Å². The lowest BCUT2D eigenvalue weighted by molar-refractivity contribution is -0.140. The molecule has 2 heterocycles. The molecule has 0 unspecified atom stereocenters. The molecule has 1 aliphatic rings. The van der Waals surface area contributed by atoms with Crippen LogP contribution in [-0.4, -0.2) is 59.4 Å². The predicted molar refractivity (Wildman–Crippen MR) is 128 cm³/mol. The van der Waals surface area contributed by atoms with E-state index < -0.39 is 6.04 Å². The Bertz CT molecular complexity index is 1120. The molecule has 0 N–H and O–H groups in total. The third-order valence-electron chi connectivity index (χ3n) is 6.10. The van der Waals surface area contributed by atoms with E-state index in [4.69, 9.17) is 4.74 Å². The summed E-state index contributed by atoms with van der Waals surface area (Å²) in [5.74, 6) is 0.334. The zero-order chi connectivity index (χ0) is 23.2. The molecule has 6 heteroatoms. The zero-order valence-corrected chi connectivity index (χ0v) is 19.1. The summed E-state index contributed by atoms with van der Waals surface area (Å²) in [6, 6.07) is 18.6. The van der Waals surface area contributed by atoms with Gasteiger partial charge in [0.15, 0.2) is 0 Å². The van der Waals surface area contributed by atoms with E-state index in [-0.39, 0.29) is 11.8 Å². The first-order valence-corrected chi connectivity index (χ1v) is 11.3. The Morgan fingerprint density at radius 1 is 1.03 bits per heavy atom. The lowest BCUT2D eigenvalue weighted by Gasteiger charge is -2.41. The maximum atomic E-state index is 13.6. The Morgan fingerprint density at radius 3 is 2.52 bits per heavy atom. The third kappa shape index (κ3) is 4.75. The number of ether oxygens (including phenoxy) is 1. The molecule has 0 saturated carbocycles. The van der Waals surface area contributed by atoms with Crippen molar-refractivity contribution in [3.05, 3.63) is 84.2 Å². The first-order valence-electron chi connectivity index (χ1n) is 11.3. The molecule has 6 nitrogen and oxygen atoms in total. The van der Waals surface area contributed by atoms with Crippen LogP contribution < -0.4 is 4.74 Å². The molecule has 1 atom stereocenters. The van der Waals surface area contributed by atoms with Gasteiger partial charge in [0.2, 0.25) is 5.91 Å². The van der Waals surface area contributed by atoms with Gasteiger partial charge >= 0.3 is 0 Å². The summed E-state index contributed by atoms with van der Waals surface area (Å²) in [5, 5.41) is 0. The smallest absolute Gasteiger partial charge is 0.258 e. The van der Waals surface area contributed by atoms with Crippen LogP contribution in [0.2, 0.25) is 0 Å². The van der Waals surface area contributed by atoms with Crippen LogP contribution in [0.25, 0.3) is 11.1 Å². The van der Waals surface area contributed by atoms with Crippen molar-refractivity contribution in [2.75, 3.05) is 26.7 Å². The molecule has 1 aromatic heterocycles. The van der Waals surface area contributed by atoms with Crippen LogP contribution in [0.5, 0.6) is 5.75 Å². The minimum atomic E-state index is -0.578. The van der Waals surface area contributed by atoms with Gasteiger partial charge < -0.3 is 14.5 Å². The lowest BCUT2D eigenvalue weighted by atomic mass is 9.93. The highest BCUT2D eigenvalue weighted by Gasteiger charge is 2.38. The van der Waals surface area contributed by atoms with Crippen molar-refractivity contribution in [2.24, 2.45) is 0 Å². The maximum absolute atomic E-state index is 13.6. The predicted octanol–water partition coefficient (Wildman–Crippen LogP) is 4.06. The molecule has 1 fully saturated rings. The maximum Gasteiger partial charge on any atom is 0.258 e. The van der Waals surface area contributed by atoms with Gasteiger partial charge in [-0.25, -0.2) is 0 Å². The number of benzene rings is 2. The number of piperazine rings is 1. The Labute approximate surface area is 194 Å². The fourth-order valence-electron chi connectivity index (χ4n) is 4.47. The number of aromatic nitrogens is 1. The Kier molecular flexibility index (Phi) is 7.03. The number of pyridine rings is 1. The third-order valence-corrected chi connectivity index (χ3v) is 6.10. The largest absolute Gasteiger partial charge is 0.496 e. The van der Waals surface area contributed by atoms with Gasteiger partial charge in [0.1, 0.15) is 11.8 Å². The minimum absolute atomic E-state index is 0.00382. The molecule has 170 valence electrons. The number of amides is 2. The normalized spacial score (nSPS) is 16.1. The second-order valence-electron chi connectivity index (χ2n) is 8.14. The molecule has 0 radical (unpaired) electrons. The highest BCUT2D eigenvalue weighted by atomic mass is 16.5. The second kappa shape index (κ2) is 10.3. The van der Waals surface area contributed by atoms with Gasteiger partial charge in [0, 0.05) is 38.4 Å². The van der Waals surface area contributed by atoms with Crippen LogP contribution in [0, 0.1) is 0 Å². The molecule has 3 aromatic rings. The zero-order valence-electron chi connectivity index (χ0n) is 19.1. The second-order valence-corrected chi connectivity index (χ2v) is 8.14. The number of hydrogen-bond acceptors (Lipinski definition) is 4. The van der Waals surface area contributed by atoms with E-state index in [0.717, 1.165) is 23.1 Å². The summed E-state index contributed by atoms with van der Waals surface area (Å²) in [4.78, 5) is 34.9. The Balaban J connectivity index is 1.71. The highest BCUT2D eigenvalue weighted by Crippen LogP contribution is 2.28. The van der Waals surface area contributed by atoms with Gasteiger partial charge in [-0.1, -0.05) is 43.3 Å². The van der Waals surface area contributed by atoms with E-state index in [9.17, 15) is 9.59 Å². The van der Waals surface area contributed by atoms with Crippen LogP contribution in [0.4, 0.5) is 0 Å². The van der Waals surface area contributed by atoms with E-state index in [1.807, 2.05) is 53.4 Å². The summed E-state index contributed by atoms with van der Waals surface area (Å²) < 4.78 is 5.43. The van der Waals surface area contributed by atoms with Crippen LogP contribution in [0.1, 0.15) is 29.3 Å². The molecular formula is C27H29N3O3. The first kappa shape index (κ1) is 22.5. The fourth-order valence-corrected chi connectivity index (χ4v) is 4.47. The van der Waals surface area contributed by atoms with E-state index in [2.05, 4.69) is 11.9 Å². The fraction of sp³-hybridized carbons (Fsp3) is 0.296. The molecule has 4 rings (SSSR count). The molecular weight excluding hydrogens is 414 g/mol. The number of carbonyl (C=O) groups excluding carboxylic acids is 2. The molecule has 0 aliphatic carbocycles. The summed E-state index contributed by atoms with van der Waals surface area (Å²) >= 11 is 0.